The van der Waals surface area contributed by atoms with Crippen LogP contribution in [-0.2, 0) is 4.79 Å². The summed E-state index contributed by atoms with van der Waals surface area (Å²) in [5.74, 6) is 0.186. The van der Waals surface area contributed by atoms with E-state index in [0.717, 1.165) is 12.8 Å². The van der Waals surface area contributed by atoms with E-state index in [2.05, 4.69) is 5.32 Å². The normalized spacial score (nSPS) is 35.7. The average molecular weight is 140 g/mol. The summed E-state index contributed by atoms with van der Waals surface area (Å²) < 4.78 is 0. The van der Waals surface area contributed by atoms with Gasteiger partial charge in [-0.2, -0.15) is 0 Å². The molecule has 3 heteroatoms. The Morgan fingerprint density at radius 3 is 2.50 bits per heavy atom. The molecular formula is C7H12N2O. The molecule has 1 aliphatic heterocycles. The Morgan fingerprint density at radius 2 is 2.30 bits per heavy atom. The van der Waals surface area contributed by atoms with E-state index in [0.29, 0.717) is 6.54 Å². The van der Waals surface area contributed by atoms with Crippen LogP contribution in [0.1, 0.15) is 19.3 Å². The van der Waals surface area contributed by atoms with E-state index in [4.69, 9.17) is 5.73 Å². The molecule has 56 valence electrons. The highest BCUT2D eigenvalue weighted by Gasteiger charge is 2.52. The second kappa shape index (κ2) is 1.72. The van der Waals surface area contributed by atoms with Crippen LogP contribution in [-0.4, -0.2) is 18.5 Å². The third-order valence-corrected chi connectivity index (χ3v) is 2.89. The van der Waals surface area contributed by atoms with Crippen LogP contribution < -0.4 is 11.1 Å². The molecule has 2 fully saturated rings. The molecule has 3 N–H and O–H groups in total. The second-order valence-corrected chi connectivity index (χ2v) is 3.33. The molecule has 1 saturated carbocycles. The largest absolute Gasteiger partial charge is 0.354 e. The lowest BCUT2D eigenvalue weighted by atomic mass is 9.65. The Balaban J connectivity index is 2.23. The summed E-state index contributed by atoms with van der Waals surface area (Å²) in [6.07, 6.45) is 3.17. The SMILES string of the molecule is N[C@@H]1CNC(=O)C12CCC2. The molecule has 0 aromatic rings. The number of hydrogen-bond acceptors (Lipinski definition) is 2. The minimum Gasteiger partial charge on any atom is -0.354 e. The van der Waals surface area contributed by atoms with Crippen molar-refractivity contribution in [3.8, 4) is 0 Å². The van der Waals surface area contributed by atoms with Gasteiger partial charge in [0.1, 0.15) is 0 Å². The molecule has 2 aliphatic rings. The number of nitrogens with one attached hydrogen (secondary N) is 1. The van der Waals surface area contributed by atoms with Crippen molar-refractivity contribution in [1.82, 2.24) is 5.32 Å². The zero-order chi connectivity index (χ0) is 7.19. The van der Waals surface area contributed by atoms with Crippen LogP contribution in [0.2, 0.25) is 0 Å². The summed E-state index contributed by atoms with van der Waals surface area (Å²) in [7, 11) is 0. The molecule has 0 radical (unpaired) electrons. The highest BCUT2D eigenvalue weighted by molar-refractivity contribution is 5.86. The van der Waals surface area contributed by atoms with E-state index in [9.17, 15) is 4.79 Å². The minimum atomic E-state index is -0.139. The zero-order valence-electron chi connectivity index (χ0n) is 5.89. The molecule has 1 atom stereocenters. The maximum atomic E-state index is 11.2. The third kappa shape index (κ3) is 0.515. The van der Waals surface area contributed by atoms with Gasteiger partial charge in [0.05, 0.1) is 5.41 Å². The summed E-state index contributed by atoms with van der Waals surface area (Å²) in [4.78, 5) is 11.2. The highest BCUT2D eigenvalue weighted by atomic mass is 16.2. The van der Waals surface area contributed by atoms with Gasteiger partial charge in [-0.1, -0.05) is 6.42 Å². The van der Waals surface area contributed by atoms with Crippen LogP contribution in [0.4, 0.5) is 0 Å². The molecule has 0 aromatic heterocycles. The Morgan fingerprint density at radius 1 is 1.60 bits per heavy atom. The summed E-state index contributed by atoms with van der Waals surface area (Å²) in [6, 6.07) is 0.0775. The smallest absolute Gasteiger partial charge is 0.227 e. The van der Waals surface area contributed by atoms with Crippen molar-refractivity contribution >= 4 is 5.91 Å². The van der Waals surface area contributed by atoms with E-state index < -0.39 is 0 Å². The van der Waals surface area contributed by atoms with Crippen molar-refractivity contribution < 1.29 is 4.79 Å². The van der Waals surface area contributed by atoms with Crippen LogP contribution in [0.5, 0.6) is 0 Å². The lowest BCUT2D eigenvalue weighted by Crippen LogP contribution is -2.48. The van der Waals surface area contributed by atoms with Gasteiger partial charge < -0.3 is 11.1 Å². The van der Waals surface area contributed by atoms with Gasteiger partial charge in [0, 0.05) is 12.6 Å². The van der Waals surface area contributed by atoms with Gasteiger partial charge in [-0.05, 0) is 12.8 Å². The number of nitrogens with two attached hydrogens (primary N) is 1. The Hall–Kier alpha value is -0.570. The minimum absolute atomic E-state index is 0.0775. The molecule has 0 unspecified atom stereocenters. The van der Waals surface area contributed by atoms with Gasteiger partial charge in [-0.25, -0.2) is 0 Å². The maximum Gasteiger partial charge on any atom is 0.227 e. The highest BCUT2D eigenvalue weighted by Crippen LogP contribution is 2.45. The third-order valence-electron chi connectivity index (χ3n) is 2.89. The standard InChI is InChI=1S/C7H12N2O/c8-5-4-9-6(10)7(5)2-1-3-7/h5H,1-4,8H2,(H,9,10)/t5-/m1/s1. The summed E-state index contributed by atoms with van der Waals surface area (Å²) in [5.41, 5.74) is 5.64. The monoisotopic (exact) mass is 140 g/mol. The van der Waals surface area contributed by atoms with Crippen LogP contribution in [0.25, 0.3) is 0 Å². The van der Waals surface area contributed by atoms with Crippen LogP contribution in [0.15, 0.2) is 0 Å². The van der Waals surface area contributed by atoms with Crippen LogP contribution in [0, 0.1) is 5.41 Å². The Kier molecular flexibility index (Phi) is 1.06. The molecule has 0 bridgehead atoms. The lowest BCUT2D eigenvalue weighted by molar-refractivity contribution is -0.132. The van der Waals surface area contributed by atoms with Gasteiger partial charge in [0.15, 0.2) is 0 Å². The van der Waals surface area contributed by atoms with Crippen molar-refractivity contribution in [3.05, 3.63) is 0 Å². The van der Waals surface area contributed by atoms with E-state index >= 15 is 0 Å². The van der Waals surface area contributed by atoms with Gasteiger partial charge in [0.2, 0.25) is 5.91 Å². The Labute approximate surface area is 60.0 Å². The molecule has 10 heavy (non-hydrogen) atoms. The molecule has 1 saturated heterocycles. The van der Waals surface area contributed by atoms with E-state index in [1.807, 2.05) is 0 Å². The fourth-order valence-electron chi connectivity index (χ4n) is 1.90. The fourth-order valence-corrected chi connectivity index (χ4v) is 1.90. The van der Waals surface area contributed by atoms with Crippen molar-refractivity contribution in [2.45, 2.75) is 25.3 Å². The number of carbonyl (C=O) groups is 1. The van der Waals surface area contributed by atoms with Crippen LogP contribution in [0.3, 0.4) is 0 Å². The molecule has 1 heterocycles. The molecule has 0 aromatic carbocycles. The van der Waals surface area contributed by atoms with Crippen molar-refractivity contribution in [2.75, 3.05) is 6.54 Å². The van der Waals surface area contributed by atoms with Crippen molar-refractivity contribution in [1.29, 1.82) is 0 Å². The molecule has 2 rings (SSSR count). The number of carbonyl (C=O) groups excluding carboxylic acids is 1. The predicted molar refractivity (Wildman–Crippen MR) is 37.3 cm³/mol. The van der Waals surface area contributed by atoms with Crippen LogP contribution >= 0.6 is 0 Å². The van der Waals surface area contributed by atoms with Gasteiger partial charge in [0.25, 0.3) is 0 Å². The molecule has 1 aliphatic carbocycles. The first kappa shape index (κ1) is 6.16. The molecule has 3 nitrogen and oxygen atoms in total. The average Bonchev–Trinajstić information content (AvgIpc) is 2.06. The molecule has 1 spiro atoms. The summed E-state index contributed by atoms with van der Waals surface area (Å²) in [5, 5.41) is 2.80. The second-order valence-electron chi connectivity index (χ2n) is 3.33. The van der Waals surface area contributed by atoms with Crippen molar-refractivity contribution in [3.63, 3.8) is 0 Å². The van der Waals surface area contributed by atoms with Gasteiger partial charge in [-0.15, -0.1) is 0 Å². The summed E-state index contributed by atoms with van der Waals surface area (Å²) >= 11 is 0. The number of rotatable bonds is 0. The number of amides is 1. The van der Waals surface area contributed by atoms with Gasteiger partial charge in [-0.3, -0.25) is 4.79 Å². The maximum absolute atomic E-state index is 11.2. The first-order valence-electron chi connectivity index (χ1n) is 3.80. The fraction of sp³-hybridized carbons (Fsp3) is 0.857. The number of hydrogen-bond donors (Lipinski definition) is 2. The Bertz CT molecular complexity index is 174. The lowest BCUT2D eigenvalue weighted by Gasteiger charge is -2.38. The quantitative estimate of drug-likeness (QED) is 0.481. The predicted octanol–water partition coefficient (Wildman–Crippen LogP) is -0.386. The topological polar surface area (TPSA) is 55.1 Å². The molecular weight excluding hydrogens is 128 g/mol. The van der Waals surface area contributed by atoms with E-state index in [1.165, 1.54) is 6.42 Å². The first-order chi connectivity index (χ1) is 4.76. The van der Waals surface area contributed by atoms with E-state index in [1.54, 1.807) is 0 Å². The van der Waals surface area contributed by atoms with Gasteiger partial charge >= 0.3 is 0 Å². The van der Waals surface area contributed by atoms with Crippen molar-refractivity contribution in [2.24, 2.45) is 11.1 Å². The van der Waals surface area contributed by atoms with E-state index in [-0.39, 0.29) is 17.4 Å². The molecule has 1 amide bonds. The summed E-state index contributed by atoms with van der Waals surface area (Å²) in [6.45, 7) is 0.679. The first-order valence-corrected chi connectivity index (χ1v) is 3.80. The zero-order valence-corrected chi connectivity index (χ0v) is 5.89.